The number of carbonyl (C=O) groups is 1. The van der Waals surface area contributed by atoms with Crippen LogP contribution >= 0.6 is 15.9 Å². The van der Waals surface area contributed by atoms with E-state index < -0.39 is 22.4 Å². The van der Waals surface area contributed by atoms with E-state index in [1.165, 1.54) is 0 Å². The fourth-order valence-electron chi connectivity index (χ4n) is 1.04. The summed E-state index contributed by atoms with van der Waals surface area (Å²) in [5.74, 6) is -2.17. The summed E-state index contributed by atoms with van der Waals surface area (Å²) in [6, 6.07) is 2.12. The van der Waals surface area contributed by atoms with Gasteiger partial charge in [-0.3, -0.25) is 10.1 Å². The minimum atomic E-state index is -1.31. The van der Waals surface area contributed by atoms with Crippen LogP contribution in [0.5, 0.6) is 0 Å². The molecule has 0 saturated carbocycles. The third kappa shape index (κ3) is 2.86. The molecule has 0 fully saturated rings. The van der Waals surface area contributed by atoms with Gasteiger partial charge >= 0.3 is 5.97 Å². The zero-order valence-corrected chi connectivity index (χ0v) is 9.27. The van der Waals surface area contributed by atoms with Crippen LogP contribution in [0.25, 0.3) is 6.08 Å². The third-order valence-electron chi connectivity index (χ3n) is 1.66. The summed E-state index contributed by atoms with van der Waals surface area (Å²) in [6.07, 6.45) is 1.49. The molecule has 0 heterocycles. The highest BCUT2D eigenvalue weighted by molar-refractivity contribution is 9.10. The molecule has 0 spiro atoms. The number of hydrogen-bond acceptors (Lipinski definition) is 3. The molecule has 7 heteroatoms. The number of rotatable bonds is 3. The highest BCUT2D eigenvalue weighted by atomic mass is 79.9. The molecular weight excluding hydrogens is 285 g/mol. The molecule has 1 aromatic rings. The first-order valence-corrected chi connectivity index (χ1v) is 4.75. The Morgan fingerprint density at radius 1 is 1.56 bits per heavy atom. The predicted octanol–water partition coefficient (Wildman–Crippen LogP) is 2.59. The van der Waals surface area contributed by atoms with E-state index in [4.69, 9.17) is 5.11 Å². The molecule has 16 heavy (non-hydrogen) atoms. The number of hydrogen-bond donors (Lipinski definition) is 1. The molecule has 0 amide bonds. The fourth-order valence-corrected chi connectivity index (χ4v) is 1.46. The van der Waals surface area contributed by atoms with Gasteiger partial charge in [-0.1, -0.05) is 15.9 Å². The quantitative estimate of drug-likeness (QED) is 0.527. The molecule has 0 aliphatic heterocycles. The Labute approximate surface area is 97.5 Å². The fraction of sp³-hybridized carbons (Fsp3) is 0. The summed E-state index contributed by atoms with van der Waals surface area (Å²) in [5.41, 5.74) is -0.861. The molecular formula is C9H5BrFNO4. The average Bonchev–Trinajstić information content (AvgIpc) is 2.14. The number of nitrogens with zero attached hydrogens (tertiary/aromatic N) is 1. The molecule has 84 valence electrons. The minimum Gasteiger partial charge on any atom is -0.478 e. The van der Waals surface area contributed by atoms with Crippen molar-refractivity contribution in [3.05, 3.63) is 44.2 Å². The first-order chi connectivity index (χ1) is 7.41. The number of carboxylic acids is 1. The first kappa shape index (κ1) is 12.3. The van der Waals surface area contributed by atoms with Crippen molar-refractivity contribution in [2.24, 2.45) is 0 Å². The van der Waals surface area contributed by atoms with Gasteiger partial charge in [-0.15, -0.1) is 0 Å². The van der Waals surface area contributed by atoms with Crippen molar-refractivity contribution < 1.29 is 19.2 Å². The molecule has 0 saturated heterocycles. The summed E-state index contributed by atoms with van der Waals surface area (Å²) >= 11 is 2.91. The summed E-state index contributed by atoms with van der Waals surface area (Å²) in [7, 11) is 0. The van der Waals surface area contributed by atoms with Gasteiger partial charge in [0.05, 0.1) is 10.5 Å². The van der Waals surface area contributed by atoms with E-state index in [1.807, 2.05) is 0 Å². The van der Waals surface area contributed by atoms with Crippen LogP contribution in [-0.4, -0.2) is 16.0 Å². The second-order valence-electron chi connectivity index (χ2n) is 2.75. The molecule has 0 aliphatic carbocycles. The van der Waals surface area contributed by atoms with E-state index in [-0.39, 0.29) is 10.0 Å². The molecule has 1 rings (SSSR count). The van der Waals surface area contributed by atoms with Gasteiger partial charge < -0.3 is 5.11 Å². The predicted molar refractivity (Wildman–Crippen MR) is 57.4 cm³/mol. The van der Waals surface area contributed by atoms with Crippen LogP contribution in [0.4, 0.5) is 10.1 Å². The molecule has 0 bridgehead atoms. The van der Waals surface area contributed by atoms with Crippen molar-refractivity contribution in [2.75, 3.05) is 0 Å². The number of aliphatic carboxylic acids is 1. The average molecular weight is 290 g/mol. The van der Waals surface area contributed by atoms with E-state index in [0.29, 0.717) is 6.08 Å². The molecule has 0 unspecified atom stereocenters. The van der Waals surface area contributed by atoms with E-state index in [0.717, 1.165) is 18.2 Å². The first-order valence-electron chi connectivity index (χ1n) is 3.96. The second-order valence-corrected chi connectivity index (χ2v) is 3.66. The maximum absolute atomic E-state index is 13.3. The van der Waals surface area contributed by atoms with Gasteiger partial charge in [0.25, 0.3) is 5.69 Å². The molecule has 0 atom stereocenters. The van der Waals surface area contributed by atoms with Crippen LogP contribution in [0.15, 0.2) is 22.7 Å². The maximum Gasteiger partial charge on any atom is 0.328 e. The SMILES string of the molecule is O=C(O)/C=C/c1c(F)cc(Br)cc1[N+](=O)[O-]. The van der Waals surface area contributed by atoms with Gasteiger partial charge in [-0.05, 0) is 12.1 Å². The number of nitro benzene ring substituents is 1. The van der Waals surface area contributed by atoms with Gasteiger partial charge in [0.1, 0.15) is 5.82 Å². The van der Waals surface area contributed by atoms with Crippen LogP contribution in [0.3, 0.4) is 0 Å². The van der Waals surface area contributed by atoms with Crippen LogP contribution in [-0.2, 0) is 4.79 Å². The van der Waals surface area contributed by atoms with Crippen molar-refractivity contribution in [3.63, 3.8) is 0 Å². The van der Waals surface area contributed by atoms with Crippen LogP contribution in [0.1, 0.15) is 5.56 Å². The van der Waals surface area contributed by atoms with Crippen LogP contribution < -0.4 is 0 Å². The van der Waals surface area contributed by atoms with Crippen LogP contribution in [0, 0.1) is 15.9 Å². The van der Waals surface area contributed by atoms with E-state index in [1.54, 1.807) is 0 Å². The normalized spacial score (nSPS) is 10.6. The standard InChI is InChI=1S/C9H5BrFNO4/c10-5-3-7(11)6(1-2-9(13)14)8(4-5)12(15)16/h1-4H,(H,13,14)/b2-1+. The lowest BCUT2D eigenvalue weighted by Gasteiger charge is -2.00. The van der Waals surface area contributed by atoms with E-state index in [2.05, 4.69) is 15.9 Å². The highest BCUT2D eigenvalue weighted by Gasteiger charge is 2.17. The van der Waals surface area contributed by atoms with Gasteiger partial charge in [0.2, 0.25) is 0 Å². The summed E-state index contributed by atoms with van der Waals surface area (Å²) in [5, 5.41) is 19.0. The maximum atomic E-state index is 13.3. The molecule has 1 N–H and O–H groups in total. The second kappa shape index (κ2) is 4.84. The summed E-state index contributed by atoms with van der Waals surface area (Å²) in [4.78, 5) is 20.1. The van der Waals surface area contributed by atoms with Gasteiger partial charge in [-0.2, -0.15) is 0 Å². The monoisotopic (exact) mass is 289 g/mol. The van der Waals surface area contributed by atoms with Crippen molar-refractivity contribution >= 4 is 33.7 Å². The minimum absolute atomic E-state index is 0.212. The topological polar surface area (TPSA) is 80.4 Å². The van der Waals surface area contributed by atoms with Crippen molar-refractivity contribution in [1.29, 1.82) is 0 Å². The zero-order chi connectivity index (χ0) is 12.3. The Bertz CT molecular complexity index is 487. The van der Waals surface area contributed by atoms with E-state index >= 15 is 0 Å². The number of halogens is 2. The Balaban J connectivity index is 3.35. The molecule has 0 aromatic heterocycles. The van der Waals surface area contributed by atoms with E-state index in [9.17, 15) is 19.3 Å². The molecule has 0 aliphatic rings. The number of carboxylic acid groups (broad SMARTS) is 1. The Morgan fingerprint density at radius 3 is 2.69 bits per heavy atom. The third-order valence-corrected chi connectivity index (χ3v) is 2.12. The summed E-state index contributed by atoms with van der Waals surface area (Å²) < 4.78 is 13.6. The molecule has 1 aromatic carbocycles. The lowest BCUT2D eigenvalue weighted by atomic mass is 10.1. The Kier molecular flexibility index (Phi) is 3.73. The van der Waals surface area contributed by atoms with Gasteiger partial charge in [0, 0.05) is 16.6 Å². The summed E-state index contributed by atoms with van der Waals surface area (Å²) in [6.45, 7) is 0. The van der Waals surface area contributed by atoms with Gasteiger partial charge in [-0.25, -0.2) is 9.18 Å². The highest BCUT2D eigenvalue weighted by Crippen LogP contribution is 2.27. The molecule has 0 radical (unpaired) electrons. The molecule has 5 nitrogen and oxygen atoms in total. The largest absolute Gasteiger partial charge is 0.478 e. The van der Waals surface area contributed by atoms with Crippen molar-refractivity contribution in [1.82, 2.24) is 0 Å². The smallest absolute Gasteiger partial charge is 0.328 e. The van der Waals surface area contributed by atoms with Crippen LogP contribution in [0.2, 0.25) is 0 Å². The van der Waals surface area contributed by atoms with Crippen molar-refractivity contribution in [3.8, 4) is 0 Å². The zero-order valence-electron chi connectivity index (χ0n) is 7.68. The lowest BCUT2D eigenvalue weighted by Crippen LogP contribution is -1.96. The van der Waals surface area contributed by atoms with Crippen molar-refractivity contribution in [2.45, 2.75) is 0 Å². The Morgan fingerprint density at radius 2 is 2.19 bits per heavy atom. The lowest BCUT2D eigenvalue weighted by molar-refractivity contribution is -0.385. The number of nitro groups is 1. The Hall–Kier alpha value is -1.76. The van der Waals surface area contributed by atoms with Gasteiger partial charge in [0.15, 0.2) is 0 Å². The number of benzene rings is 1.